The SMILES string of the molecule is COCCOc1cccc(NC(=S)NC(=O)c2cccc(C)c2)c1. The molecular weight excluding hydrogens is 324 g/mol. The molecule has 126 valence electrons. The number of carbonyl (C=O) groups excluding carboxylic acids is 1. The van der Waals surface area contributed by atoms with Crippen molar-refractivity contribution >= 4 is 28.9 Å². The number of aryl methyl sites for hydroxylation is 1. The molecule has 6 heteroatoms. The Morgan fingerprint density at radius 1 is 1.12 bits per heavy atom. The van der Waals surface area contributed by atoms with Crippen LogP contribution in [0.1, 0.15) is 15.9 Å². The number of carbonyl (C=O) groups is 1. The van der Waals surface area contributed by atoms with Crippen molar-refractivity contribution in [3.8, 4) is 5.75 Å². The van der Waals surface area contributed by atoms with E-state index in [1.165, 1.54) is 0 Å². The van der Waals surface area contributed by atoms with Crippen molar-refractivity contribution in [2.75, 3.05) is 25.6 Å². The van der Waals surface area contributed by atoms with E-state index in [0.29, 0.717) is 24.5 Å². The van der Waals surface area contributed by atoms with Crippen molar-refractivity contribution in [1.82, 2.24) is 5.32 Å². The maximum Gasteiger partial charge on any atom is 0.257 e. The number of hydrogen-bond donors (Lipinski definition) is 2. The van der Waals surface area contributed by atoms with Gasteiger partial charge in [-0.25, -0.2) is 0 Å². The Hall–Kier alpha value is -2.44. The third kappa shape index (κ3) is 5.64. The van der Waals surface area contributed by atoms with Crippen LogP contribution in [0, 0.1) is 6.92 Å². The summed E-state index contributed by atoms with van der Waals surface area (Å²) in [6.07, 6.45) is 0. The molecule has 2 aromatic rings. The van der Waals surface area contributed by atoms with E-state index in [-0.39, 0.29) is 11.0 Å². The van der Waals surface area contributed by atoms with Crippen LogP contribution in [0.15, 0.2) is 48.5 Å². The molecule has 0 radical (unpaired) electrons. The van der Waals surface area contributed by atoms with Crippen LogP contribution in [-0.2, 0) is 4.74 Å². The molecule has 5 nitrogen and oxygen atoms in total. The lowest BCUT2D eigenvalue weighted by Crippen LogP contribution is -2.34. The van der Waals surface area contributed by atoms with E-state index in [9.17, 15) is 4.79 Å². The molecule has 1 amide bonds. The van der Waals surface area contributed by atoms with E-state index < -0.39 is 0 Å². The van der Waals surface area contributed by atoms with Gasteiger partial charge in [0.1, 0.15) is 12.4 Å². The minimum atomic E-state index is -0.247. The monoisotopic (exact) mass is 344 g/mol. The van der Waals surface area contributed by atoms with Crippen LogP contribution in [0.25, 0.3) is 0 Å². The first-order valence-corrected chi connectivity index (χ1v) is 7.90. The Morgan fingerprint density at radius 2 is 1.92 bits per heavy atom. The van der Waals surface area contributed by atoms with Crippen LogP contribution in [0.2, 0.25) is 0 Å². The number of benzene rings is 2. The highest BCUT2D eigenvalue weighted by atomic mass is 32.1. The smallest absolute Gasteiger partial charge is 0.257 e. The maximum absolute atomic E-state index is 12.2. The highest BCUT2D eigenvalue weighted by Crippen LogP contribution is 2.17. The van der Waals surface area contributed by atoms with Crippen molar-refractivity contribution in [3.63, 3.8) is 0 Å². The van der Waals surface area contributed by atoms with Crippen molar-refractivity contribution in [2.24, 2.45) is 0 Å². The first-order valence-electron chi connectivity index (χ1n) is 7.49. The van der Waals surface area contributed by atoms with Gasteiger partial charge in [-0.1, -0.05) is 23.8 Å². The zero-order valence-corrected chi connectivity index (χ0v) is 14.5. The Balaban J connectivity index is 1.92. The molecule has 0 unspecified atom stereocenters. The first-order chi connectivity index (χ1) is 11.6. The fourth-order valence-electron chi connectivity index (χ4n) is 2.03. The van der Waals surface area contributed by atoms with Gasteiger partial charge in [0.2, 0.25) is 0 Å². The highest BCUT2D eigenvalue weighted by molar-refractivity contribution is 7.80. The molecule has 0 atom stereocenters. The molecule has 2 rings (SSSR count). The van der Waals surface area contributed by atoms with Gasteiger partial charge < -0.3 is 14.8 Å². The normalized spacial score (nSPS) is 10.1. The fraction of sp³-hybridized carbons (Fsp3) is 0.222. The number of ether oxygens (including phenoxy) is 2. The summed E-state index contributed by atoms with van der Waals surface area (Å²) in [7, 11) is 1.62. The molecule has 0 aliphatic carbocycles. The molecule has 0 heterocycles. The second kappa shape index (κ2) is 9.00. The lowest BCUT2D eigenvalue weighted by Gasteiger charge is -2.11. The minimum absolute atomic E-state index is 0.232. The van der Waals surface area contributed by atoms with Crippen LogP contribution in [0.5, 0.6) is 5.75 Å². The summed E-state index contributed by atoms with van der Waals surface area (Å²) in [5, 5.41) is 5.87. The van der Waals surface area contributed by atoms with Crippen molar-refractivity contribution in [3.05, 3.63) is 59.7 Å². The van der Waals surface area contributed by atoms with E-state index in [0.717, 1.165) is 11.3 Å². The highest BCUT2D eigenvalue weighted by Gasteiger charge is 2.08. The summed E-state index contributed by atoms with van der Waals surface area (Å²) in [5.41, 5.74) is 2.32. The largest absolute Gasteiger partial charge is 0.491 e. The zero-order valence-electron chi connectivity index (χ0n) is 13.7. The van der Waals surface area contributed by atoms with Gasteiger partial charge in [-0.3, -0.25) is 10.1 Å². The van der Waals surface area contributed by atoms with Crippen LogP contribution in [0.3, 0.4) is 0 Å². The molecule has 24 heavy (non-hydrogen) atoms. The molecule has 2 N–H and O–H groups in total. The molecule has 0 aliphatic heterocycles. The van der Waals surface area contributed by atoms with Crippen molar-refractivity contribution in [1.29, 1.82) is 0 Å². The van der Waals surface area contributed by atoms with Gasteiger partial charge in [0.05, 0.1) is 6.61 Å². The first kappa shape index (κ1) is 17.9. The molecule has 0 aromatic heterocycles. The van der Waals surface area contributed by atoms with Gasteiger partial charge in [-0.05, 0) is 43.4 Å². The number of thiocarbonyl (C=S) groups is 1. The second-order valence-corrected chi connectivity index (χ2v) is 5.56. The van der Waals surface area contributed by atoms with Crippen molar-refractivity contribution in [2.45, 2.75) is 6.92 Å². The van der Waals surface area contributed by atoms with Crippen molar-refractivity contribution < 1.29 is 14.3 Å². The fourth-order valence-corrected chi connectivity index (χ4v) is 2.24. The lowest BCUT2D eigenvalue weighted by molar-refractivity contribution is 0.0977. The van der Waals surface area contributed by atoms with Gasteiger partial charge in [-0.15, -0.1) is 0 Å². The van der Waals surface area contributed by atoms with E-state index in [1.807, 2.05) is 43.3 Å². The van der Waals surface area contributed by atoms with Gasteiger partial charge in [0, 0.05) is 24.4 Å². The molecule has 0 saturated carbocycles. The summed E-state index contributed by atoms with van der Waals surface area (Å²) in [6, 6.07) is 14.7. The Morgan fingerprint density at radius 3 is 2.67 bits per heavy atom. The second-order valence-electron chi connectivity index (χ2n) is 5.15. The standard InChI is InChI=1S/C18H20N2O3S/c1-13-5-3-6-14(11-13)17(21)20-18(24)19-15-7-4-8-16(12-15)23-10-9-22-2/h3-8,11-12H,9-10H2,1-2H3,(H2,19,20,21,24). The quantitative estimate of drug-likeness (QED) is 0.623. The van der Waals surface area contributed by atoms with Gasteiger partial charge in [0.15, 0.2) is 5.11 Å². The molecule has 0 spiro atoms. The Kier molecular flexibility index (Phi) is 6.72. The number of nitrogens with one attached hydrogen (secondary N) is 2. The van der Waals surface area contributed by atoms with E-state index in [4.69, 9.17) is 21.7 Å². The van der Waals surface area contributed by atoms with Gasteiger partial charge in [-0.2, -0.15) is 0 Å². The van der Waals surface area contributed by atoms with Crippen LogP contribution < -0.4 is 15.4 Å². The van der Waals surface area contributed by atoms with E-state index >= 15 is 0 Å². The van der Waals surface area contributed by atoms with E-state index in [2.05, 4.69) is 10.6 Å². The molecule has 0 fully saturated rings. The Bertz CT molecular complexity index is 719. The topological polar surface area (TPSA) is 59.6 Å². The Labute approximate surface area is 147 Å². The number of anilines is 1. The predicted molar refractivity (Wildman–Crippen MR) is 98.7 cm³/mol. The lowest BCUT2D eigenvalue weighted by atomic mass is 10.1. The number of amides is 1. The maximum atomic E-state index is 12.2. The molecule has 0 aliphatic rings. The third-order valence-corrected chi connectivity index (χ3v) is 3.36. The van der Waals surface area contributed by atoms with Crippen LogP contribution >= 0.6 is 12.2 Å². The minimum Gasteiger partial charge on any atom is -0.491 e. The average molecular weight is 344 g/mol. The molecule has 2 aromatic carbocycles. The van der Waals surface area contributed by atoms with Crippen LogP contribution in [-0.4, -0.2) is 31.3 Å². The van der Waals surface area contributed by atoms with Gasteiger partial charge in [0.25, 0.3) is 5.91 Å². The van der Waals surface area contributed by atoms with E-state index in [1.54, 1.807) is 19.2 Å². The molecule has 0 bridgehead atoms. The summed E-state index contributed by atoms with van der Waals surface area (Å²) in [5.74, 6) is 0.452. The number of methoxy groups -OCH3 is 1. The summed E-state index contributed by atoms with van der Waals surface area (Å²) in [6.45, 7) is 2.92. The number of rotatable bonds is 6. The third-order valence-electron chi connectivity index (χ3n) is 3.16. The summed E-state index contributed by atoms with van der Waals surface area (Å²) >= 11 is 5.19. The molecule has 0 saturated heterocycles. The zero-order chi connectivity index (χ0) is 17.4. The number of hydrogen-bond acceptors (Lipinski definition) is 4. The molecular formula is C18H20N2O3S. The summed E-state index contributed by atoms with van der Waals surface area (Å²) < 4.78 is 10.5. The average Bonchev–Trinajstić information content (AvgIpc) is 2.55. The summed E-state index contributed by atoms with van der Waals surface area (Å²) in [4.78, 5) is 12.2. The van der Waals surface area contributed by atoms with Crippen LogP contribution in [0.4, 0.5) is 5.69 Å². The predicted octanol–water partition coefficient (Wildman–Crippen LogP) is 3.15. The van der Waals surface area contributed by atoms with Gasteiger partial charge >= 0.3 is 0 Å².